The molecule has 1 atom stereocenters. The third kappa shape index (κ3) is 4.74. The fraction of sp³-hybridized carbons (Fsp3) is 0.154. The predicted octanol–water partition coefficient (Wildman–Crippen LogP) is 5.36. The summed E-state index contributed by atoms with van der Waals surface area (Å²) in [6.07, 6.45) is 0. The molecule has 0 saturated carbocycles. The van der Waals surface area contributed by atoms with E-state index in [2.05, 4.69) is 10.6 Å². The molecule has 35 heavy (non-hydrogen) atoms. The quantitative estimate of drug-likeness (QED) is 0.401. The lowest BCUT2D eigenvalue weighted by molar-refractivity contribution is -0.143. The van der Waals surface area contributed by atoms with Crippen LogP contribution in [0.4, 0.5) is 16.2 Å². The molecule has 0 fully saturated rings. The van der Waals surface area contributed by atoms with Gasteiger partial charge in [0.1, 0.15) is 6.04 Å². The number of hydrogen-bond acceptors (Lipinski definition) is 4. The van der Waals surface area contributed by atoms with E-state index in [-0.39, 0.29) is 11.1 Å². The van der Waals surface area contributed by atoms with Gasteiger partial charge in [-0.2, -0.15) is 0 Å². The van der Waals surface area contributed by atoms with E-state index in [9.17, 15) is 24.3 Å². The summed E-state index contributed by atoms with van der Waals surface area (Å²) in [5, 5.41) is 15.4. The van der Waals surface area contributed by atoms with Crippen LogP contribution in [0.25, 0.3) is 11.1 Å². The van der Waals surface area contributed by atoms with Gasteiger partial charge in [-0.3, -0.25) is 14.5 Å². The number of urea groups is 1. The zero-order valence-corrected chi connectivity index (χ0v) is 19.7. The summed E-state index contributed by atoms with van der Waals surface area (Å²) >= 11 is 6.06. The van der Waals surface area contributed by atoms with Crippen molar-refractivity contribution in [3.8, 4) is 11.1 Å². The lowest BCUT2D eigenvalue weighted by Gasteiger charge is -2.25. The number of carbonyl (C=O) groups excluding carboxylic acids is 3. The van der Waals surface area contributed by atoms with E-state index in [4.69, 9.17) is 11.6 Å². The van der Waals surface area contributed by atoms with Gasteiger partial charge in [0.05, 0.1) is 21.8 Å². The molecule has 3 N–H and O–H groups in total. The normalized spacial score (nSPS) is 13.5. The highest BCUT2D eigenvalue weighted by molar-refractivity contribution is 6.33. The third-order valence-corrected chi connectivity index (χ3v) is 6.01. The molecule has 0 aliphatic carbocycles. The van der Waals surface area contributed by atoms with Crippen molar-refractivity contribution in [3.63, 3.8) is 0 Å². The van der Waals surface area contributed by atoms with Gasteiger partial charge in [-0.1, -0.05) is 55.8 Å². The van der Waals surface area contributed by atoms with Crippen molar-refractivity contribution in [2.75, 3.05) is 10.6 Å². The van der Waals surface area contributed by atoms with Crippen molar-refractivity contribution in [2.45, 2.75) is 19.9 Å². The molecular weight excluding hydrogens is 470 g/mol. The fourth-order valence-corrected chi connectivity index (χ4v) is 4.16. The summed E-state index contributed by atoms with van der Waals surface area (Å²) in [7, 11) is 0. The Bertz CT molecular complexity index is 1340. The van der Waals surface area contributed by atoms with Gasteiger partial charge in [-0.05, 0) is 53.4 Å². The van der Waals surface area contributed by atoms with E-state index in [0.29, 0.717) is 22.0 Å². The minimum absolute atomic E-state index is 0.167. The van der Waals surface area contributed by atoms with E-state index in [1.807, 2.05) is 0 Å². The molecule has 0 bridgehead atoms. The summed E-state index contributed by atoms with van der Waals surface area (Å²) in [4.78, 5) is 50.6. The second-order valence-corrected chi connectivity index (χ2v) is 8.81. The Morgan fingerprint density at radius 3 is 2.11 bits per heavy atom. The number of carboxylic acids is 1. The first-order valence-electron chi connectivity index (χ1n) is 10.8. The first-order valence-corrected chi connectivity index (χ1v) is 11.2. The molecule has 4 rings (SSSR count). The van der Waals surface area contributed by atoms with Crippen molar-refractivity contribution in [1.29, 1.82) is 0 Å². The van der Waals surface area contributed by atoms with Crippen LogP contribution < -0.4 is 10.6 Å². The average molecular weight is 492 g/mol. The molecule has 1 heterocycles. The number of nitrogens with zero attached hydrogens (tertiary/aromatic N) is 1. The van der Waals surface area contributed by atoms with Crippen LogP contribution in [0, 0.1) is 5.92 Å². The number of hydrogen-bond donors (Lipinski definition) is 3. The summed E-state index contributed by atoms with van der Waals surface area (Å²) in [5.41, 5.74) is 2.80. The van der Waals surface area contributed by atoms with Crippen LogP contribution in [0.5, 0.6) is 0 Å². The number of halogens is 1. The monoisotopic (exact) mass is 491 g/mol. The smallest absolute Gasteiger partial charge is 0.327 e. The highest BCUT2D eigenvalue weighted by atomic mass is 35.5. The Morgan fingerprint density at radius 1 is 0.857 bits per heavy atom. The fourth-order valence-electron chi connectivity index (χ4n) is 3.98. The molecule has 1 unspecified atom stereocenters. The first kappa shape index (κ1) is 24.0. The van der Waals surface area contributed by atoms with Crippen LogP contribution in [0.3, 0.4) is 0 Å². The Kier molecular flexibility index (Phi) is 6.57. The van der Waals surface area contributed by atoms with Gasteiger partial charge >= 0.3 is 12.0 Å². The maximum atomic E-state index is 13.0. The van der Waals surface area contributed by atoms with Gasteiger partial charge in [0.25, 0.3) is 11.8 Å². The molecule has 1 aliphatic heterocycles. The van der Waals surface area contributed by atoms with Crippen molar-refractivity contribution < 1.29 is 24.3 Å². The maximum Gasteiger partial charge on any atom is 0.327 e. The second kappa shape index (κ2) is 9.60. The highest BCUT2D eigenvalue weighted by Gasteiger charge is 2.44. The minimum atomic E-state index is -1.24. The predicted molar refractivity (Wildman–Crippen MR) is 133 cm³/mol. The van der Waals surface area contributed by atoms with E-state index in [0.717, 1.165) is 10.5 Å². The number of anilines is 2. The number of para-hydroxylation sites is 1. The number of nitrogens with one attached hydrogen (secondary N) is 2. The van der Waals surface area contributed by atoms with Crippen molar-refractivity contribution in [1.82, 2.24) is 4.90 Å². The van der Waals surface area contributed by atoms with E-state index in [1.165, 1.54) is 6.07 Å². The topological polar surface area (TPSA) is 116 Å². The van der Waals surface area contributed by atoms with Crippen molar-refractivity contribution >= 4 is 46.8 Å². The van der Waals surface area contributed by atoms with Crippen LogP contribution >= 0.6 is 11.6 Å². The standard InChI is InChI=1S/C26H22ClN3O5/c1-14(2)22(25(33)34)30-23(31)18-12-9-16(13-19(18)24(30)32)15-7-10-17(11-8-15)28-26(35)29-21-6-4-3-5-20(21)27/h3-14,22H,1-2H3,(H,33,34)(H2,28,29,35). The molecule has 3 aromatic carbocycles. The van der Waals surface area contributed by atoms with Gasteiger partial charge in [0.15, 0.2) is 0 Å². The molecule has 9 heteroatoms. The number of carboxylic acid groups (broad SMARTS) is 1. The highest BCUT2D eigenvalue weighted by Crippen LogP contribution is 2.31. The molecule has 3 aromatic rings. The van der Waals surface area contributed by atoms with E-state index >= 15 is 0 Å². The number of fused-ring (bicyclic) bond motifs is 1. The van der Waals surface area contributed by atoms with Crippen LogP contribution in [-0.2, 0) is 4.79 Å². The second-order valence-electron chi connectivity index (χ2n) is 8.40. The number of amides is 4. The SMILES string of the molecule is CC(C)C(C(=O)O)N1C(=O)c2ccc(-c3ccc(NC(=O)Nc4ccccc4Cl)cc3)cc2C1=O. The molecule has 178 valence electrons. The van der Waals surface area contributed by atoms with Gasteiger partial charge in [-0.25, -0.2) is 9.59 Å². The Hall–Kier alpha value is -4.17. The summed E-state index contributed by atoms with van der Waals surface area (Å²) in [6, 6.07) is 16.9. The Morgan fingerprint density at radius 2 is 1.49 bits per heavy atom. The first-order chi connectivity index (χ1) is 16.7. The molecular formula is C26H22ClN3O5. The number of aliphatic carboxylic acids is 1. The average Bonchev–Trinajstić information content (AvgIpc) is 3.05. The van der Waals surface area contributed by atoms with Crippen molar-refractivity contribution in [2.24, 2.45) is 5.92 Å². The molecule has 0 saturated heterocycles. The number of carbonyl (C=O) groups is 4. The molecule has 1 aliphatic rings. The van der Waals surface area contributed by atoms with Crippen LogP contribution in [-0.4, -0.2) is 39.9 Å². The minimum Gasteiger partial charge on any atom is -0.480 e. The Labute approximate surface area is 206 Å². The number of rotatable bonds is 6. The largest absolute Gasteiger partial charge is 0.480 e. The third-order valence-electron chi connectivity index (χ3n) is 5.68. The van der Waals surface area contributed by atoms with Crippen LogP contribution in [0.15, 0.2) is 66.7 Å². The van der Waals surface area contributed by atoms with E-state index < -0.39 is 35.8 Å². The van der Waals surface area contributed by atoms with Gasteiger partial charge < -0.3 is 15.7 Å². The molecule has 0 radical (unpaired) electrons. The molecule has 4 amide bonds. The van der Waals surface area contributed by atoms with Gasteiger partial charge in [0, 0.05) is 5.69 Å². The zero-order valence-electron chi connectivity index (χ0n) is 18.9. The summed E-state index contributed by atoms with van der Waals surface area (Å²) in [6.45, 7) is 3.30. The Balaban J connectivity index is 1.51. The van der Waals surface area contributed by atoms with E-state index in [1.54, 1.807) is 74.5 Å². The number of benzene rings is 3. The summed E-state index contributed by atoms with van der Waals surface area (Å²) in [5.74, 6) is -2.90. The zero-order chi connectivity index (χ0) is 25.3. The maximum absolute atomic E-state index is 13.0. The van der Waals surface area contributed by atoms with Gasteiger partial charge in [-0.15, -0.1) is 0 Å². The number of imide groups is 1. The van der Waals surface area contributed by atoms with Crippen LogP contribution in [0.2, 0.25) is 5.02 Å². The van der Waals surface area contributed by atoms with Gasteiger partial charge in [0.2, 0.25) is 0 Å². The summed E-state index contributed by atoms with van der Waals surface area (Å²) < 4.78 is 0. The van der Waals surface area contributed by atoms with Crippen LogP contribution in [0.1, 0.15) is 34.6 Å². The van der Waals surface area contributed by atoms with Crippen molar-refractivity contribution in [3.05, 3.63) is 82.9 Å². The molecule has 0 aromatic heterocycles. The lowest BCUT2D eigenvalue weighted by atomic mass is 10.00. The molecule has 0 spiro atoms. The lowest BCUT2D eigenvalue weighted by Crippen LogP contribution is -2.47. The molecule has 8 nitrogen and oxygen atoms in total.